The molecule has 0 aromatic heterocycles. The molecule has 3 nitrogen and oxygen atoms in total. The Labute approximate surface area is 161 Å². The summed E-state index contributed by atoms with van der Waals surface area (Å²) in [6.07, 6.45) is 8.50. The van der Waals surface area contributed by atoms with Crippen molar-refractivity contribution >= 4 is 20.9 Å². The van der Waals surface area contributed by atoms with Gasteiger partial charge < -0.3 is 4.55 Å². The van der Waals surface area contributed by atoms with Crippen LogP contribution in [0.15, 0.2) is 41.3 Å². The predicted molar refractivity (Wildman–Crippen MR) is 89.0 cm³/mol. The molecule has 0 aliphatic heterocycles. The minimum Gasteiger partial charge on any atom is -0.744 e. The Morgan fingerprint density at radius 1 is 0.957 bits per heavy atom. The van der Waals surface area contributed by atoms with Crippen LogP contribution in [0, 0.1) is 0 Å². The van der Waals surface area contributed by atoms with Gasteiger partial charge in [0.2, 0.25) is 0 Å². The third kappa shape index (κ3) is 6.20. The zero-order valence-electron chi connectivity index (χ0n) is 14.0. The Kier molecular flexibility index (Phi) is 8.80. The molecule has 23 heavy (non-hydrogen) atoms. The average molecular weight is 342 g/mol. The van der Waals surface area contributed by atoms with Crippen molar-refractivity contribution in [2.45, 2.75) is 56.8 Å². The third-order valence-electron chi connectivity index (χ3n) is 4.03. The molecule has 0 heterocycles. The van der Waals surface area contributed by atoms with Crippen LogP contribution < -0.4 is 29.6 Å². The Morgan fingerprint density at radius 2 is 1.65 bits per heavy atom. The quantitative estimate of drug-likeness (QED) is 0.416. The van der Waals surface area contributed by atoms with Gasteiger partial charge >= 0.3 is 29.6 Å². The fourth-order valence-corrected chi connectivity index (χ4v) is 3.30. The van der Waals surface area contributed by atoms with Gasteiger partial charge in [0.25, 0.3) is 0 Å². The summed E-state index contributed by atoms with van der Waals surface area (Å²) in [7, 11) is -4.39. The summed E-state index contributed by atoms with van der Waals surface area (Å²) in [4.78, 5) is -0.156. The summed E-state index contributed by atoms with van der Waals surface area (Å²) < 4.78 is 33.3. The average Bonchev–Trinajstić information content (AvgIpc) is 2.49. The fraction of sp³-hybridized carbons (Fsp3) is 0.444. The smallest absolute Gasteiger partial charge is 0.744 e. The molecular formula is C18H23NaO3S. The Morgan fingerprint density at radius 3 is 2.35 bits per heavy atom. The van der Waals surface area contributed by atoms with Crippen LogP contribution in [0.3, 0.4) is 0 Å². The first-order valence-corrected chi connectivity index (χ1v) is 9.41. The molecule has 0 spiro atoms. The maximum Gasteiger partial charge on any atom is 1.00 e. The molecule has 120 valence electrons. The van der Waals surface area contributed by atoms with Crippen LogP contribution in [0.25, 0.3) is 10.8 Å². The van der Waals surface area contributed by atoms with Crippen molar-refractivity contribution in [2.75, 3.05) is 0 Å². The van der Waals surface area contributed by atoms with E-state index in [9.17, 15) is 13.0 Å². The van der Waals surface area contributed by atoms with Gasteiger partial charge in [-0.2, -0.15) is 0 Å². The molecule has 2 aromatic rings. The molecule has 0 unspecified atom stereocenters. The number of aryl methyl sites for hydroxylation is 1. The number of hydrogen-bond donors (Lipinski definition) is 0. The first-order valence-electron chi connectivity index (χ1n) is 8.00. The van der Waals surface area contributed by atoms with E-state index in [-0.39, 0.29) is 34.5 Å². The van der Waals surface area contributed by atoms with Gasteiger partial charge in [0.1, 0.15) is 10.1 Å². The van der Waals surface area contributed by atoms with Crippen LogP contribution in [0.5, 0.6) is 0 Å². The standard InChI is InChI=1S/C18H24O3S.Na/c1-2-3-4-5-6-7-9-15-10-8-11-16-14-17(22(19,20)21)12-13-18(15)16;/h8,10-14H,2-7,9H2,1H3,(H,19,20,21);/q;+1/p-1. The van der Waals surface area contributed by atoms with Gasteiger partial charge in [0.15, 0.2) is 0 Å². The van der Waals surface area contributed by atoms with Gasteiger partial charge in [-0.3, -0.25) is 0 Å². The van der Waals surface area contributed by atoms with Crippen molar-refractivity contribution in [3.63, 3.8) is 0 Å². The van der Waals surface area contributed by atoms with E-state index in [1.165, 1.54) is 49.8 Å². The van der Waals surface area contributed by atoms with Gasteiger partial charge in [-0.05, 0) is 41.3 Å². The first-order chi connectivity index (χ1) is 10.5. The second-order valence-electron chi connectivity index (χ2n) is 5.77. The topological polar surface area (TPSA) is 57.2 Å². The summed E-state index contributed by atoms with van der Waals surface area (Å²) in [6.45, 7) is 2.21. The normalized spacial score (nSPS) is 11.4. The minimum absolute atomic E-state index is 0. The largest absolute Gasteiger partial charge is 1.00 e. The van der Waals surface area contributed by atoms with E-state index in [1.54, 1.807) is 6.07 Å². The van der Waals surface area contributed by atoms with E-state index >= 15 is 0 Å². The van der Waals surface area contributed by atoms with Crippen molar-refractivity contribution < 1.29 is 42.5 Å². The second kappa shape index (κ2) is 9.80. The van der Waals surface area contributed by atoms with E-state index in [1.807, 2.05) is 12.1 Å². The molecule has 0 bridgehead atoms. The Balaban J connectivity index is 0.00000264. The molecule has 0 amide bonds. The number of unbranched alkanes of at least 4 members (excludes halogenated alkanes) is 5. The predicted octanol–water partition coefficient (Wildman–Crippen LogP) is 1.65. The SMILES string of the molecule is CCCCCCCCc1cccc2cc(S(=O)(=O)[O-])ccc12.[Na+]. The summed E-state index contributed by atoms with van der Waals surface area (Å²) in [5.41, 5.74) is 1.22. The first kappa shape index (κ1) is 20.7. The van der Waals surface area contributed by atoms with E-state index < -0.39 is 10.1 Å². The van der Waals surface area contributed by atoms with E-state index in [0.29, 0.717) is 0 Å². The molecule has 2 aromatic carbocycles. The van der Waals surface area contributed by atoms with Gasteiger partial charge in [0, 0.05) is 0 Å². The number of benzene rings is 2. The third-order valence-corrected chi connectivity index (χ3v) is 4.86. The number of hydrogen-bond acceptors (Lipinski definition) is 3. The minimum atomic E-state index is -4.39. The summed E-state index contributed by atoms with van der Waals surface area (Å²) >= 11 is 0. The van der Waals surface area contributed by atoms with Crippen molar-refractivity contribution in [3.8, 4) is 0 Å². The molecule has 0 fully saturated rings. The van der Waals surface area contributed by atoms with Crippen LogP contribution in [-0.2, 0) is 16.5 Å². The maximum atomic E-state index is 11.1. The van der Waals surface area contributed by atoms with Crippen LogP contribution >= 0.6 is 0 Å². The summed E-state index contributed by atoms with van der Waals surface area (Å²) in [5.74, 6) is 0. The molecule has 0 radical (unpaired) electrons. The fourth-order valence-electron chi connectivity index (χ4n) is 2.80. The number of fused-ring (bicyclic) bond motifs is 1. The van der Waals surface area contributed by atoms with E-state index in [2.05, 4.69) is 13.0 Å². The van der Waals surface area contributed by atoms with Crippen LogP contribution in [0.1, 0.15) is 51.0 Å². The molecule has 2 rings (SSSR count). The molecule has 0 saturated carbocycles. The Bertz CT molecular complexity index is 726. The second-order valence-corrected chi connectivity index (χ2v) is 7.15. The van der Waals surface area contributed by atoms with E-state index in [0.717, 1.165) is 23.6 Å². The van der Waals surface area contributed by atoms with E-state index in [4.69, 9.17) is 0 Å². The molecule has 0 N–H and O–H groups in total. The van der Waals surface area contributed by atoms with Crippen LogP contribution in [-0.4, -0.2) is 13.0 Å². The van der Waals surface area contributed by atoms with Gasteiger partial charge in [-0.25, -0.2) is 8.42 Å². The van der Waals surface area contributed by atoms with Gasteiger partial charge in [0.05, 0.1) is 4.90 Å². The summed E-state index contributed by atoms with van der Waals surface area (Å²) in [6, 6.07) is 10.5. The molecule has 0 aliphatic carbocycles. The van der Waals surface area contributed by atoms with Crippen molar-refractivity contribution in [1.29, 1.82) is 0 Å². The van der Waals surface area contributed by atoms with Crippen molar-refractivity contribution in [1.82, 2.24) is 0 Å². The van der Waals surface area contributed by atoms with Crippen LogP contribution in [0.2, 0.25) is 0 Å². The Hall–Kier alpha value is -0.390. The molecular weight excluding hydrogens is 319 g/mol. The zero-order valence-corrected chi connectivity index (χ0v) is 16.9. The van der Waals surface area contributed by atoms with Crippen molar-refractivity contribution in [2.24, 2.45) is 0 Å². The van der Waals surface area contributed by atoms with Crippen LogP contribution in [0.4, 0.5) is 0 Å². The molecule has 0 saturated heterocycles. The van der Waals surface area contributed by atoms with Crippen molar-refractivity contribution in [3.05, 3.63) is 42.0 Å². The molecule has 5 heteroatoms. The van der Waals surface area contributed by atoms with Gasteiger partial charge in [-0.15, -0.1) is 0 Å². The number of rotatable bonds is 8. The molecule has 0 aliphatic rings. The molecule has 0 atom stereocenters. The zero-order chi connectivity index (χ0) is 16.0. The summed E-state index contributed by atoms with van der Waals surface area (Å²) in [5, 5.41) is 1.86. The monoisotopic (exact) mass is 342 g/mol. The maximum absolute atomic E-state index is 11.1. The van der Waals surface area contributed by atoms with Gasteiger partial charge in [-0.1, -0.05) is 63.3 Å².